The number of carbonyl (C=O) groups is 1. The number of methoxy groups -OCH3 is 1. The van der Waals surface area contributed by atoms with E-state index >= 15 is 0 Å². The van der Waals surface area contributed by atoms with Gasteiger partial charge in [0.15, 0.2) is 0 Å². The van der Waals surface area contributed by atoms with E-state index in [2.05, 4.69) is 29.2 Å². The fraction of sp³-hybridized carbons (Fsp3) is 0.375. The SMILES string of the molecule is COc1ccc(C(=O)NCc2ccc(-n3cncn3)cc2)cc1S(=O)(=O)N1CC(C)CC(C)C1. The second kappa shape index (κ2) is 9.94. The van der Waals surface area contributed by atoms with Gasteiger partial charge >= 0.3 is 0 Å². The Kier molecular flexibility index (Phi) is 6.99. The number of rotatable bonds is 7. The number of nitrogens with zero attached hydrogens (tertiary/aromatic N) is 4. The summed E-state index contributed by atoms with van der Waals surface area (Å²) in [7, 11) is -2.38. The van der Waals surface area contributed by atoms with Gasteiger partial charge in [0.1, 0.15) is 23.3 Å². The third kappa shape index (κ3) is 5.13. The average molecular weight is 484 g/mol. The molecule has 3 aromatic rings. The quantitative estimate of drug-likeness (QED) is 0.554. The zero-order valence-electron chi connectivity index (χ0n) is 19.5. The van der Waals surface area contributed by atoms with E-state index in [4.69, 9.17) is 4.74 Å². The highest BCUT2D eigenvalue weighted by atomic mass is 32.2. The smallest absolute Gasteiger partial charge is 0.251 e. The molecule has 0 aliphatic carbocycles. The number of piperidine rings is 1. The van der Waals surface area contributed by atoms with Crippen molar-refractivity contribution in [2.45, 2.75) is 31.7 Å². The molecule has 2 atom stereocenters. The van der Waals surface area contributed by atoms with Gasteiger partial charge in [0.25, 0.3) is 5.91 Å². The second-order valence-corrected chi connectivity index (χ2v) is 10.7. The van der Waals surface area contributed by atoms with Gasteiger partial charge in [-0.05, 0) is 54.2 Å². The predicted octanol–water partition coefficient (Wildman–Crippen LogP) is 2.87. The molecule has 180 valence electrons. The molecule has 0 saturated carbocycles. The first kappa shape index (κ1) is 23.9. The maximum atomic E-state index is 13.4. The van der Waals surface area contributed by atoms with Crippen LogP contribution in [0.5, 0.6) is 5.75 Å². The maximum Gasteiger partial charge on any atom is 0.251 e. The molecular weight excluding hydrogens is 454 g/mol. The molecule has 1 fully saturated rings. The van der Waals surface area contributed by atoms with Crippen LogP contribution in [0.1, 0.15) is 36.2 Å². The normalized spacial score (nSPS) is 19.0. The molecule has 0 bridgehead atoms. The van der Waals surface area contributed by atoms with Crippen molar-refractivity contribution in [1.82, 2.24) is 24.4 Å². The number of amides is 1. The minimum atomic E-state index is -3.81. The van der Waals surface area contributed by atoms with Crippen molar-refractivity contribution in [2.75, 3.05) is 20.2 Å². The first-order chi connectivity index (χ1) is 16.3. The Hall–Kier alpha value is -3.24. The first-order valence-electron chi connectivity index (χ1n) is 11.2. The molecule has 1 saturated heterocycles. The minimum Gasteiger partial charge on any atom is -0.495 e. The molecule has 1 N–H and O–H groups in total. The molecule has 4 rings (SSSR count). The van der Waals surface area contributed by atoms with Crippen molar-refractivity contribution < 1.29 is 17.9 Å². The number of ether oxygens (including phenoxy) is 1. The number of aromatic nitrogens is 3. The maximum absolute atomic E-state index is 13.4. The van der Waals surface area contributed by atoms with Crippen LogP contribution >= 0.6 is 0 Å². The molecular formula is C24H29N5O4S. The number of sulfonamides is 1. The molecule has 34 heavy (non-hydrogen) atoms. The Morgan fingerprint density at radius 3 is 2.44 bits per heavy atom. The van der Waals surface area contributed by atoms with Crippen LogP contribution in [-0.2, 0) is 16.6 Å². The van der Waals surface area contributed by atoms with Crippen molar-refractivity contribution in [1.29, 1.82) is 0 Å². The van der Waals surface area contributed by atoms with Crippen molar-refractivity contribution in [3.05, 3.63) is 66.2 Å². The Balaban J connectivity index is 1.50. The summed E-state index contributed by atoms with van der Waals surface area (Å²) in [5, 5.41) is 6.94. The molecule has 1 amide bonds. The minimum absolute atomic E-state index is 0.0149. The van der Waals surface area contributed by atoms with E-state index in [9.17, 15) is 13.2 Å². The lowest BCUT2D eigenvalue weighted by atomic mass is 9.94. The van der Waals surface area contributed by atoms with E-state index in [1.807, 2.05) is 24.3 Å². The van der Waals surface area contributed by atoms with Crippen LogP contribution in [0.25, 0.3) is 5.69 Å². The van der Waals surface area contributed by atoms with E-state index in [0.29, 0.717) is 19.6 Å². The lowest BCUT2D eigenvalue weighted by molar-refractivity contribution is 0.0950. The van der Waals surface area contributed by atoms with E-state index in [1.54, 1.807) is 17.1 Å². The Morgan fingerprint density at radius 1 is 1.12 bits per heavy atom. The number of benzene rings is 2. The topological polar surface area (TPSA) is 106 Å². The number of hydrogen-bond acceptors (Lipinski definition) is 6. The monoisotopic (exact) mass is 483 g/mol. The highest BCUT2D eigenvalue weighted by molar-refractivity contribution is 7.89. The summed E-state index contributed by atoms with van der Waals surface area (Å²) in [4.78, 5) is 16.8. The van der Waals surface area contributed by atoms with Gasteiger partial charge in [-0.25, -0.2) is 18.1 Å². The molecule has 1 aliphatic rings. The lowest BCUT2D eigenvalue weighted by Gasteiger charge is -2.34. The van der Waals surface area contributed by atoms with Crippen LogP contribution in [0.4, 0.5) is 0 Å². The van der Waals surface area contributed by atoms with Gasteiger partial charge in [-0.2, -0.15) is 9.40 Å². The summed E-state index contributed by atoms with van der Waals surface area (Å²) < 4.78 is 35.4. The fourth-order valence-corrected chi connectivity index (χ4v) is 6.21. The third-order valence-electron chi connectivity index (χ3n) is 5.95. The van der Waals surface area contributed by atoms with Gasteiger partial charge in [0, 0.05) is 25.2 Å². The van der Waals surface area contributed by atoms with Gasteiger partial charge < -0.3 is 10.1 Å². The standard InChI is InChI=1S/C24H29N5O4S/c1-17-10-18(2)14-28(13-17)34(31,32)23-11-20(6-9-22(23)33-3)24(30)26-12-19-4-7-21(8-5-19)29-16-25-15-27-29/h4-9,11,15-18H,10,12-14H2,1-3H3,(H,26,30). The average Bonchev–Trinajstić information content (AvgIpc) is 3.37. The van der Waals surface area contributed by atoms with Gasteiger partial charge in [0.05, 0.1) is 12.8 Å². The lowest BCUT2D eigenvalue weighted by Crippen LogP contribution is -2.42. The third-order valence-corrected chi connectivity index (χ3v) is 7.80. The zero-order valence-corrected chi connectivity index (χ0v) is 20.3. The summed E-state index contributed by atoms with van der Waals surface area (Å²) in [6.45, 7) is 5.31. The highest BCUT2D eigenvalue weighted by Crippen LogP contribution is 2.32. The molecule has 2 heterocycles. The van der Waals surface area contributed by atoms with Crippen molar-refractivity contribution in [2.24, 2.45) is 11.8 Å². The van der Waals surface area contributed by atoms with Crippen LogP contribution in [0.2, 0.25) is 0 Å². The van der Waals surface area contributed by atoms with Crippen molar-refractivity contribution in [3.63, 3.8) is 0 Å². The number of carbonyl (C=O) groups excluding carboxylic acids is 1. The Labute approximate surface area is 199 Å². The van der Waals surface area contributed by atoms with Crippen LogP contribution in [-0.4, -0.2) is 53.6 Å². The summed E-state index contributed by atoms with van der Waals surface area (Å²) in [5.74, 6) is 0.407. The van der Waals surface area contributed by atoms with E-state index in [0.717, 1.165) is 17.7 Å². The summed E-state index contributed by atoms with van der Waals surface area (Å²) in [6.07, 6.45) is 4.06. The molecule has 2 aromatic carbocycles. The van der Waals surface area contributed by atoms with Crippen molar-refractivity contribution in [3.8, 4) is 11.4 Å². The van der Waals surface area contributed by atoms with E-state index in [-0.39, 0.29) is 34.0 Å². The molecule has 1 aromatic heterocycles. The zero-order chi connectivity index (χ0) is 24.3. The van der Waals surface area contributed by atoms with Gasteiger partial charge in [-0.1, -0.05) is 26.0 Å². The van der Waals surface area contributed by atoms with Gasteiger partial charge in [-0.3, -0.25) is 4.79 Å². The summed E-state index contributed by atoms with van der Waals surface area (Å²) in [6, 6.07) is 12.1. The van der Waals surface area contributed by atoms with Gasteiger partial charge in [0.2, 0.25) is 10.0 Å². The summed E-state index contributed by atoms with van der Waals surface area (Å²) >= 11 is 0. The predicted molar refractivity (Wildman–Crippen MR) is 127 cm³/mol. The number of nitrogens with one attached hydrogen (secondary N) is 1. The molecule has 0 spiro atoms. The molecule has 1 aliphatic heterocycles. The summed E-state index contributed by atoms with van der Waals surface area (Å²) in [5.41, 5.74) is 2.02. The molecule has 0 radical (unpaired) electrons. The number of hydrogen-bond donors (Lipinski definition) is 1. The van der Waals surface area contributed by atoms with E-state index in [1.165, 1.54) is 29.9 Å². The van der Waals surface area contributed by atoms with Crippen molar-refractivity contribution >= 4 is 15.9 Å². The van der Waals surface area contributed by atoms with E-state index < -0.39 is 10.0 Å². The molecule has 9 nitrogen and oxygen atoms in total. The van der Waals surface area contributed by atoms with Crippen LogP contribution in [0, 0.1) is 11.8 Å². The molecule has 10 heteroatoms. The first-order valence-corrected chi connectivity index (χ1v) is 12.6. The second-order valence-electron chi connectivity index (χ2n) is 8.82. The van der Waals surface area contributed by atoms with Crippen LogP contribution in [0.3, 0.4) is 0 Å². The van der Waals surface area contributed by atoms with Gasteiger partial charge in [-0.15, -0.1) is 0 Å². The largest absolute Gasteiger partial charge is 0.495 e. The molecule has 2 unspecified atom stereocenters. The fourth-order valence-electron chi connectivity index (χ4n) is 4.35. The Morgan fingerprint density at radius 2 is 1.82 bits per heavy atom. The van der Waals surface area contributed by atoms with Crippen LogP contribution in [0.15, 0.2) is 60.0 Å². The highest BCUT2D eigenvalue weighted by Gasteiger charge is 2.34. The van der Waals surface area contributed by atoms with Crippen LogP contribution < -0.4 is 10.1 Å². The Bertz CT molecular complexity index is 1230.